The number of nitrogens with two attached hydrogens (primary N) is 1. The first-order chi connectivity index (χ1) is 7.25. The first kappa shape index (κ1) is 10.3. The van der Waals surface area contributed by atoms with Gasteiger partial charge in [0.15, 0.2) is 0 Å². The first-order valence-electron chi connectivity index (χ1n) is 4.53. The third-order valence-electron chi connectivity index (χ3n) is 1.94. The number of hydrogen-bond acceptors (Lipinski definition) is 2. The number of ether oxygens (including phenoxy) is 1. The van der Waals surface area contributed by atoms with E-state index in [0.29, 0.717) is 11.4 Å². The molecular formula is C12H10INO. The Balaban J connectivity index is 2.26. The highest BCUT2D eigenvalue weighted by molar-refractivity contribution is 14.1. The molecule has 0 bridgehead atoms. The van der Waals surface area contributed by atoms with Crippen molar-refractivity contribution < 1.29 is 4.74 Å². The van der Waals surface area contributed by atoms with E-state index in [1.165, 1.54) is 0 Å². The van der Waals surface area contributed by atoms with Crippen LogP contribution in [0.15, 0.2) is 48.5 Å². The standard InChI is InChI=1S/C12H10INO/c13-9-4-3-5-10(8-9)15-12-7-2-1-6-11(12)14/h1-8H,14H2. The molecule has 2 aromatic rings. The van der Waals surface area contributed by atoms with Crippen molar-refractivity contribution in [2.24, 2.45) is 0 Å². The number of halogens is 1. The minimum absolute atomic E-state index is 0.649. The van der Waals surface area contributed by atoms with Crippen LogP contribution < -0.4 is 10.5 Å². The fourth-order valence-corrected chi connectivity index (χ4v) is 1.75. The van der Waals surface area contributed by atoms with Crippen molar-refractivity contribution in [2.45, 2.75) is 0 Å². The van der Waals surface area contributed by atoms with Crippen LogP contribution in [-0.4, -0.2) is 0 Å². The van der Waals surface area contributed by atoms with Crippen molar-refractivity contribution >= 4 is 28.3 Å². The Morgan fingerprint density at radius 3 is 2.53 bits per heavy atom. The average Bonchev–Trinajstić information content (AvgIpc) is 2.22. The van der Waals surface area contributed by atoms with Crippen LogP contribution in [0.3, 0.4) is 0 Å². The van der Waals surface area contributed by atoms with E-state index >= 15 is 0 Å². The van der Waals surface area contributed by atoms with Gasteiger partial charge in [-0.05, 0) is 52.9 Å². The van der Waals surface area contributed by atoms with E-state index in [4.69, 9.17) is 10.5 Å². The Labute approximate surface area is 102 Å². The zero-order valence-electron chi connectivity index (χ0n) is 7.98. The molecule has 0 aliphatic carbocycles. The second kappa shape index (κ2) is 4.53. The molecule has 0 unspecified atom stereocenters. The van der Waals surface area contributed by atoms with Crippen molar-refractivity contribution in [1.82, 2.24) is 0 Å². The van der Waals surface area contributed by atoms with Gasteiger partial charge in [0.05, 0.1) is 5.69 Å². The molecule has 2 aromatic carbocycles. The number of anilines is 1. The van der Waals surface area contributed by atoms with Crippen molar-refractivity contribution in [3.8, 4) is 11.5 Å². The van der Waals surface area contributed by atoms with E-state index in [9.17, 15) is 0 Å². The summed E-state index contributed by atoms with van der Waals surface area (Å²) in [5.41, 5.74) is 6.43. The molecule has 15 heavy (non-hydrogen) atoms. The number of para-hydroxylation sites is 2. The van der Waals surface area contributed by atoms with Crippen LogP contribution in [-0.2, 0) is 0 Å². The lowest BCUT2D eigenvalue weighted by Crippen LogP contribution is -1.91. The van der Waals surface area contributed by atoms with E-state index in [2.05, 4.69) is 22.6 Å². The quantitative estimate of drug-likeness (QED) is 0.678. The first-order valence-corrected chi connectivity index (χ1v) is 5.61. The molecule has 2 N–H and O–H groups in total. The molecule has 0 aliphatic heterocycles. The molecule has 2 nitrogen and oxygen atoms in total. The fourth-order valence-electron chi connectivity index (χ4n) is 1.23. The van der Waals surface area contributed by atoms with Gasteiger partial charge >= 0.3 is 0 Å². The SMILES string of the molecule is Nc1ccccc1Oc1cccc(I)c1. The molecule has 0 saturated carbocycles. The maximum atomic E-state index is 5.78. The van der Waals surface area contributed by atoms with Crippen molar-refractivity contribution in [3.05, 3.63) is 52.1 Å². The highest BCUT2D eigenvalue weighted by Gasteiger charge is 2.00. The van der Waals surface area contributed by atoms with Gasteiger partial charge in [-0.25, -0.2) is 0 Å². The van der Waals surface area contributed by atoms with Crippen LogP contribution in [0.25, 0.3) is 0 Å². The molecule has 0 saturated heterocycles. The smallest absolute Gasteiger partial charge is 0.150 e. The van der Waals surface area contributed by atoms with Crippen molar-refractivity contribution in [1.29, 1.82) is 0 Å². The summed E-state index contributed by atoms with van der Waals surface area (Å²) >= 11 is 2.25. The molecular weight excluding hydrogens is 301 g/mol. The zero-order chi connectivity index (χ0) is 10.7. The van der Waals surface area contributed by atoms with Gasteiger partial charge in [0.1, 0.15) is 11.5 Å². The lowest BCUT2D eigenvalue weighted by molar-refractivity contribution is 0.484. The number of rotatable bonds is 2. The number of hydrogen-bond donors (Lipinski definition) is 1. The fraction of sp³-hybridized carbons (Fsp3) is 0. The minimum Gasteiger partial charge on any atom is -0.455 e. The molecule has 3 heteroatoms. The second-order valence-electron chi connectivity index (χ2n) is 3.10. The summed E-state index contributed by atoms with van der Waals surface area (Å²) in [6.45, 7) is 0. The third-order valence-corrected chi connectivity index (χ3v) is 2.61. The molecule has 0 radical (unpaired) electrons. The van der Waals surface area contributed by atoms with Crippen molar-refractivity contribution in [2.75, 3.05) is 5.73 Å². The Bertz CT molecular complexity index is 471. The molecule has 2 rings (SSSR count). The van der Waals surface area contributed by atoms with Gasteiger partial charge < -0.3 is 10.5 Å². The van der Waals surface area contributed by atoms with Crippen LogP contribution in [0, 0.1) is 3.57 Å². The highest BCUT2D eigenvalue weighted by atomic mass is 127. The van der Waals surface area contributed by atoms with Crippen molar-refractivity contribution in [3.63, 3.8) is 0 Å². The van der Waals surface area contributed by atoms with Crippen LogP contribution in [0.4, 0.5) is 5.69 Å². The van der Waals surface area contributed by atoms with Crippen LogP contribution in [0.5, 0.6) is 11.5 Å². The van der Waals surface area contributed by atoms with E-state index in [0.717, 1.165) is 9.32 Å². The van der Waals surface area contributed by atoms with E-state index in [-0.39, 0.29) is 0 Å². The Morgan fingerprint density at radius 2 is 1.80 bits per heavy atom. The van der Waals surface area contributed by atoms with E-state index in [1.807, 2.05) is 48.5 Å². The Hall–Kier alpha value is -1.23. The van der Waals surface area contributed by atoms with Crippen LogP contribution in [0.2, 0.25) is 0 Å². The summed E-state index contributed by atoms with van der Waals surface area (Å²) in [7, 11) is 0. The predicted octanol–water partition coefficient (Wildman–Crippen LogP) is 3.67. The lowest BCUT2D eigenvalue weighted by Gasteiger charge is -2.07. The largest absolute Gasteiger partial charge is 0.455 e. The van der Waals surface area contributed by atoms with Gasteiger partial charge in [0, 0.05) is 3.57 Å². The lowest BCUT2D eigenvalue weighted by atomic mass is 10.3. The topological polar surface area (TPSA) is 35.2 Å². The molecule has 0 heterocycles. The van der Waals surface area contributed by atoms with Gasteiger partial charge in [0.25, 0.3) is 0 Å². The number of nitrogen functional groups attached to an aromatic ring is 1. The minimum atomic E-state index is 0.649. The normalized spacial score (nSPS) is 9.93. The summed E-state index contributed by atoms with van der Waals surface area (Å²) in [5.74, 6) is 1.50. The molecule has 0 fully saturated rings. The monoisotopic (exact) mass is 311 g/mol. The van der Waals surface area contributed by atoms with E-state index in [1.54, 1.807) is 0 Å². The van der Waals surface area contributed by atoms with Gasteiger partial charge in [-0.2, -0.15) is 0 Å². The van der Waals surface area contributed by atoms with Gasteiger partial charge in [-0.3, -0.25) is 0 Å². The highest BCUT2D eigenvalue weighted by Crippen LogP contribution is 2.27. The Morgan fingerprint density at radius 1 is 1.00 bits per heavy atom. The Kier molecular flexibility index (Phi) is 3.11. The maximum Gasteiger partial charge on any atom is 0.150 e. The number of benzene rings is 2. The van der Waals surface area contributed by atoms with Crippen LogP contribution >= 0.6 is 22.6 Å². The van der Waals surface area contributed by atoms with E-state index < -0.39 is 0 Å². The predicted molar refractivity (Wildman–Crippen MR) is 70.1 cm³/mol. The average molecular weight is 311 g/mol. The third kappa shape index (κ3) is 2.62. The molecule has 0 aliphatic rings. The zero-order valence-corrected chi connectivity index (χ0v) is 10.1. The van der Waals surface area contributed by atoms with Crippen LogP contribution in [0.1, 0.15) is 0 Å². The molecule has 76 valence electrons. The molecule has 0 amide bonds. The maximum absolute atomic E-state index is 5.78. The molecule has 0 aromatic heterocycles. The van der Waals surface area contributed by atoms with Gasteiger partial charge in [0.2, 0.25) is 0 Å². The second-order valence-corrected chi connectivity index (χ2v) is 4.34. The summed E-state index contributed by atoms with van der Waals surface area (Å²) in [4.78, 5) is 0. The summed E-state index contributed by atoms with van der Waals surface area (Å²) < 4.78 is 6.80. The molecule has 0 spiro atoms. The van der Waals surface area contributed by atoms with Gasteiger partial charge in [-0.15, -0.1) is 0 Å². The summed E-state index contributed by atoms with van der Waals surface area (Å²) in [6.07, 6.45) is 0. The summed E-state index contributed by atoms with van der Waals surface area (Å²) in [6, 6.07) is 15.3. The summed E-state index contributed by atoms with van der Waals surface area (Å²) in [5, 5.41) is 0. The van der Waals surface area contributed by atoms with Gasteiger partial charge in [-0.1, -0.05) is 18.2 Å². The molecule has 0 atom stereocenters.